The van der Waals surface area contributed by atoms with E-state index in [1.165, 1.54) is 4.68 Å². The lowest BCUT2D eigenvalue weighted by Gasteiger charge is -2.31. The molecule has 7 heteroatoms. The van der Waals surface area contributed by atoms with Crippen molar-refractivity contribution in [3.05, 3.63) is 52.2 Å². The van der Waals surface area contributed by atoms with Crippen molar-refractivity contribution in [1.29, 1.82) is 0 Å². The highest BCUT2D eigenvalue weighted by atomic mass is 16.5. The number of amides is 1. The minimum atomic E-state index is -0.0767. The fraction of sp³-hybridized carbons (Fsp3) is 0.550. The van der Waals surface area contributed by atoms with Crippen molar-refractivity contribution in [2.24, 2.45) is 0 Å². The van der Waals surface area contributed by atoms with Crippen molar-refractivity contribution in [3.8, 4) is 0 Å². The Hall–Kier alpha value is -2.41. The molecule has 0 atom stereocenters. The number of carbonyl (C=O) groups is 1. The quantitative estimate of drug-likeness (QED) is 0.741. The highest BCUT2D eigenvalue weighted by Crippen LogP contribution is 2.26. The SMILES string of the molecule is CCn1c(C2CCN(C(=O)Cc3ccccc3)CC2)nn(CCOC)c1=O. The van der Waals surface area contributed by atoms with Gasteiger partial charge in [-0.1, -0.05) is 30.3 Å². The third kappa shape index (κ3) is 4.47. The maximum absolute atomic E-state index is 12.5. The van der Waals surface area contributed by atoms with E-state index in [2.05, 4.69) is 5.10 Å². The number of hydrogen-bond acceptors (Lipinski definition) is 4. The van der Waals surface area contributed by atoms with Gasteiger partial charge in [-0.15, -0.1) is 0 Å². The molecule has 1 aromatic carbocycles. The van der Waals surface area contributed by atoms with E-state index in [4.69, 9.17) is 4.74 Å². The molecule has 0 radical (unpaired) electrons. The minimum Gasteiger partial charge on any atom is -0.383 e. The monoisotopic (exact) mass is 372 g/mol. The van der Waals surface area contributed by atoms with Crippen LogP contribution in [0.25, 0.3) is 0 Å². The summed E-state index contributed by atoms with van der Waals surface area (Å²) >= 11 is 0. The summed E-state index contributed by atoms with van der Waals surface area (Å²) in [5.41, 5.74) is 0.966. The largest absolute Gasteiger partial charge is 0.383 e. The van der Waals surface area contributed by atoms with Gasteiger partial charge in [0.2, 0.25) is 5.91 Å². The number of aromatic nitrogens is 3. The Balaban J connectivity index is 1.63. The van der Waals surface area contributed by atoms with Gasteiger partial charge in [0.25, 0.3) is 0 Å². The van der Waals surface area contributed by atoms with Crippen LogP contribution in [0.1, 0.15) is 37.1 Å². The average Bonchev–Trinajstić information content (AvgIpc) is 3.02. The van der Waals surface area contributed by atoms with Crippen molar-refractivity contribution >= 4 is 5.91 Å². The molecule has 0 unspecified atom stereocenters. The summed E-state index contributed by atoms with van der Waals surface area (Å²) in [5, 5.41) is 4.56. The summed E-state index contributed by atoms with van der Waals surface area (Å²) in [4.78, 5) is 27.0. The Bertz CT molecular complexity index is 804. The molecule has 146 valence electrons. The molecular formula is C20H28N4O3. The number of rotatable bonds is 7. The van der Waals surface area contributed by atoms with Crippen LogP contribution in [0.2, 0.25) is 0 Å². The van der Waals surface area contributed by atoms with Gasteiger partial charge in [0.1, 0.15) is 5.82 Å². The lowest BCUT2D eigenvalue weighted by Crippen LogP contribution is -2.39. The average molecular weight is 372 g/mol. The molecule has 27 heavy (non-hydrogen) atoms. The molecule has 1 aromatic heterocycles. The van der Waals surface area contributed by atoms with Crippen molar-refractivity contribution < 1.29 is 9.53 Å². The summed E-state index contributed by atoms with van der Waals surface area (Å²) in [5.74, 6) is 1.22. The molecule has 0 aliphatic carbocycles. The van der Waals surface area contributed by atoms with Gasteiger partial charge in [0.15, 0.2) is 0 Å². The normalized spacial score (nSPS) is 15.3. The number of ether oxygens (including phenoxy) is 1. The molecular weight excluding hydrogens is 344 g/mol. The Kier molecular flexibility index (Phi) is 6.45. The summed E-state index contributed by atoms with van der Waals surface area (Å²) in [7, 11) is 1.62. The highest BCUT2D eigenvalue weighted by molar-refractivity contribution is 5.78. The summed E-state index contributed by atoms with van der Waals surface area (Å²) < 4.78 is 8.31. The summed E-state index contributed by atoms with van der Waals surface area (Å²) in [6.45, 7) is 4.91. The summed E-state index contributed by atoms with van der Waals surface area (Å²) in [6.07, 6.45) is 2.11. The molecule has 0 saturated carbocycles. The van der Waals surface area contributed by atoms with E-state index >= 15 is 0 Å². The molecule has 1 aliphatic heterocycles. The number of nitrogens with zero attached hydrogens (tertiary/aromatic N) is 4. The first-order chi connectivity index (χ1) is 13.1. The second-order valence-electron chi connectivity index (χ2n) is 6.92. The minimum absolute atomic E-state index is 0.0767. The molecule has 2 heterocycles. The molecule has 3 rings (SSSR count). The molecule has 2 aromatic rings. The summed E-state index contributed by atoms with van der Waals surface area (Å²) in [6, 6.07) is 9.84. The van der Waals surface area contributed by atoms with Crippen LogP contribution in [0.5, 0.6) is 0 Å². The molecule has 0 spiro atoms. The molecule has 1 amide bonds. The van der Waals surface area contributed by atoms with E-state index < -0.39 is 0 Å². The van der Waals surface area contributed by atoms with Crippen LogP contribution in [-0.2, 0) is 29.0 Å². The standard InChI is InChI=1S/C20H28N4O3/c1-3-23-19(21-24(20(23)26)13-14-27-2)17-9-11-22(12-10-17)18(25)15-16-7-5-4-6-8-16/h4-8,17H,3,9-15H2,1-2H3. The van der Waals surface area contributed by atoms with Gasteiger partial charge in [0, 0.05) is 32.7 Å². The molecule has 0 N–H and O–H groups in total. The molecule has 0 bridgehead atoms. The number of hydrogen-bond donors (Lipinski definition) is 0. The van der Waals surface area contributed by atoms with Crippen LogP contribution >= 0.6 is 0 Å². The molecule has 1 saturated heterocycles. The van der Waals surface area contributed by atoms with Crippen molar-refractivity contribution in [1.82, 2.24) is 19.2 Å². The van der Waals surface area contributed by atoms with Crippen molar-refractivity contribution in [3.63, 3.8) is 0 Å². The van der Waals surface area contributed by atoms with Crippen molar-refractivity contribution in [2.45, 2.75) is 45.2 Å². The molecule has 7 nitrogen and oxygen atoms in total. The second kappa shape index (κ2) is 8.99. The van der Waals surface area contributed by atoms with E-state index in [1.807, 2.05) is 42.2 Å². The van der Waals surface area contributed by atoms with Crippen LogP contribution in [0.15, 0.2) is 35.1 Å². The number of carbonyl (C=O) groups excluding carboxylic acids is 1. The van der Waals surface area contributed by atoms with Crippen LogP contribution in [0.3, 0.4) is 0 Å². The van der Waals surface area contributed by atoms with Gasteiger partial charge in [-0.2, -0.15) is 5.10 Å². The van der Waals surface area contributed by atoms with Crippen molar-refractivity contribution in [2.75, 3.05) is 26.8 Å². The van der Waals surface area contributed by atoms with E-state index in [-0.39, 0.29) is 17.5 Å². The van der Waals surface area contributed by atoms with Gasteiger partial charge < -0.3 is 9.64 Å². The first-order valence-corrected chi connectivity index (χ1v) is 9.62. The Morgan fingerprint density at radius 1 is 1.22 bits per heavy atom. The lowest BCUT2D eigenvalue weighted by atomic mass is 9.95. The van der Waals surface area contributed by atoms with Gasteiger partial charge in [-0.3, -0.25) is 9.36 Å². The van der Waals surface area contributed by atoms with E-state index in [0.717, 1.165) is 24.2 Å². The predicted molar refractivity (Wildman–Crippen MR) is 103 cm³/mol. The number of likely N-dealkylation sites (tertiary alicyclic amines) is 1. The molecule has 1 fully saturated rings. The first-order valence-electron chi connectivity index (χ1n) is 9.62. The van der Waals surface area contributed by atoms with E-state index in [9.17, 15) is 9.59 Å². The molecule has 1 aliphatic rings. The lowest BCUT2D eigenvalue weighted by molar-refractivity contribution is -0.131. The van der Waals surface area contributed by atoms with Crippen LogP contribution < -0.4 is 5.69 Å². The first kappa shape index (κ1) is 19.4. The number of methoxy groups -OCH3 is 1. The second-order valence-corrected chi connectivity index (χ2v) is 6.92. The third-order valence-electron chi connectivity index (χ3n) is 5.19. The van der Waals surface area contributed by atoms with Crippen LogP contribution in [0.4, 0.5) is 0 Å². The maximum atomic E-state index is 12.5. The van der Waals surface area contributed by atoms with Gasteiger partial charge in [-0.05, 0) is 25.3 Å². The smallest absolute Gasteiger partial charge is 0.345 e. The maximum Gasteiger partial charge on any atom is 0.345 e. The Morgan fingerprint density at radius 2 is 1.93 bits per heavy atom. The van der Waals surface area contributed by atoms with E-state index in [0.29, 0.717) is 39.2 Å². The van der Waals surface area contributed by atoms with Gasteiger partial charge in [0.05, 0.1) is 19.6 Å². The third-order valence-corrected chi connectivity index (χ3v) is 5.19. The zero-order valence-electron chi connectivity index (χ0n) is 16.1. The van der Waals surface area contributed by atoms with Gasteiger partial charge >= 0.3 is 5.69 Å². The Morgan fingerprint density at radius 3 is 2.56 bits per heavy atom. The zero-order chi connectivity index (χ0) is 19.2. The zero-order valence-corrected chi connectivity index (χ0v) is 16.1. The Labute approximate surface area is 159 Å². The fourth-order valence-electron chi connectivity index (χ4n) is 3.65. The van der Waals surface area contributed by atoms with Crippen LogP contribution in [-0.4, -0.2) is 52.0 Å². The van der Waals surface area contributed by atoms with Gasteiger partial charge in [-0.25, -0.2) is 9.48 Å². The van der Waals surface area contributed by atoms with Crippen LogP contribution in [0, 0.1) is 0 Å². The fourth-order valence-corrected chi connectivity index (χ4v) is 3.65. The topological polar surface area (TPSA) is 69.4 Å². The number of benzene rings is 1. The highest BCUT2D eigenvalue weighted by Gasteiger charge is 2.28. The van der Waals surface area contributed by atoms with E-state index in [1.54, 1.807) is 11.7 Å². The number of piperidine rings is 1. The predicted octanol–water partition coefficient (Wildman–Crippen LogP) is 1.66.